The minimum Gasteiger partial charge on any atom is -0.482 e. The van der Waals surface area contributed by atoms with Crippen LogP contribution in [0.5, 0.6) is 11.5 Å². The Morgan fingerprint density at radius 2 is 2.00 bits per heavy atom. The van der Waals surface area contributed by atoms with Crippen LogP contribution < -0.4 is 14.8 Å². The maximum atomic E-state index is 11.9. The number of rotatable bonds is 3. The average Bonchev–Trinajstić information content (AvgIpc) is 2.35. The highest BCUT2D eigenvalue weighted by atomic mass is 79.9. The lowest BCUT2D eigenvalue weighted by atomic mass is 10.1. The predicted octanol–water partition coefficient (Wildman–Crippen LogP) is 2.24. The number of fused-ring (bicyclic) bond motifs is 1. The monoisotopic (exact) mass is 311 g/mol. The number of hydrogen-bond donors (Lipinski definition) is 1. The van der Waals surface area contributed by atoms with Crippen LogP contribution in [0.15, 0.2) is 35.3 Å². The summed E-state index contributed by atoms with van der Waals surface area (Å²) in [6.07, 6.45) is -0.977. The number of halogens is 1. The molecule has 5 heteroatoms. The molecule has 0 spiro atoms. The van der Waals surface area contributed by atoms with Crippen molar-refractivity contribution in [2.45, 2.75) is 19.1 Å². The van der Waals surface area contributed by atoms with Crippen molar-refractivity contribution >= 4 is 21.8 Å². The van der Waals surface area contributed by atoms with E-state index in [2.05, 4.69) is 27.8 Å². The number of hydrogen-bond acceptors (Lipinski definition) is 3. The fraction of sp³-hybridized carbons (Fsp3) is 0.308. The van der Waals surface area contributed by atoms with E-state index in [0.29, 0.717) is 22.5 Å². The van der Waals surface area contributed by atoms with E-state index in [0.717, 1.165) is 0 Å². The third-order valence-corrected chi connectivity index (χ3v) is 2.84. The second-order valence-corrected chi connectivity index (χ2v) is 5.16. The first-order valence-electron chi connectivity index (χ1n) is 5.61. The first-order valence-corrected chi connectivity index (χ1v) is 6.40. The molecule has 1 aliphatic heterocycles. The van der Waals surface area contributed by atoms with Gasteiger partial charge in [0.05, 0.1) is 0 Å². The van der Waals surface area contributed by atoms with Gasteiger partial charge in [-0.25, -0.2) is 0 Å². The molecule has 96 valence electrons. The highest BCUT2D eigenvalue weighted by molar-refractivity contribution is 9.11. The van der Waals surface area contributed by atoms with Crippen molar-refractivity contribution in [1.29, 1.82) is 0 Å². The summed E-state index contributed by atoms with van der Waals surface area (Å²) in [5, 5.41) is 2.72. The van der Waals surface area contributed by atoms with E-state index in [-0.39, 0.29) is 12.0 Å². The van der Waals surface area contributed by atoms with Crippen molar-refractivity contribution in [3.05, 3.63) is 35.3 Å². The number of carbonyl (C=O) groups is 1. The minimum atomic E-state index is -0.647. The molecule has 1 amide bonds. The largest absolute Gasteiger partial charge is 0.482 e. The van der Waals surface area contributed by atoms with E-state index in [4.69, 9.17) is 9.47 Å². The van der Waals surface area contributed by atoms with Crippen molar-refractivity contribution in [2.75, 3.05) is 6.54 Å². The summed E-state index contributed by atoms with van der Waals surface area (Å²) >= 11 is 3.19. The van der Waals surface area contributed by atoms with Crippen LogP contribution in [0.3, 0.4) is 0 Å². The number of ether oxygens (including phenoxy) is 2. The van der Waals surface area contributed by atoms with E-state index < -0.39 is 6.10 Å². The van der Waals surface area contributed by atoms with Gasteiger partial charge >= 0.3 is 0 Å². The van der Waals surface area contributed by atoms with Gasteiger partial charge in [0.25, 0.3) is 5.91 Å². The van der Waals surface area contributed by atoms with Gasteiger partial charge in [0.1, 0.15) is 6.10 Å². The number of para-hydroxylation sites is 2. The van der Waals surface area contributed by atoms with Gasteiger partial charge in [0, 0.05) is 11.0 Å². The topological polar surface area (TPSA) is 47.6 Å². The van der Waals surface area contributed by atoms with Crippen LogP contribution in [0.25, 0.3) is 0 Å². The van der Waals surface area contributed by atoms with E-state index in [1.54, 1.807) is 6.07 Å². The summed E-state index contributed by atoms with van der Waals surface area (Å²) < 4.78 is 12.0. The van der Waals surface area contributed by atoms with Crippen LogP contribution in [0.4, 0.5) is 0 Å². The third-order valence-electron chi connectivity index (χ3n) is 2.56. The second-order valence-electron chi connectivity index (χ2n) is 4.04. The van der Waals surface area contributed by atoms with E-state index in [1.165, 1.54) is 0 Å². The molecule has 0 aliphatic carbocycles. The van der Waals surface area contributed by atoms with Gasteiger partial charge in [-0.1, -0.05) is 34.6 Å². The zero-order valence-electron chi connectivity index (χ0n) is 9.98. The first kappa shape index (κ1) is 13.0. The lowest BCUT2D eigenvalue weighted by Gasteiger charge is -2.30. The van der Waals surface area contributed by atoms with E-state index in [1.807, 2.05) is 25.1 Å². The molecule has 0 saturated heterocycles. The van der Waals surface area contributed by atoms with Crippen LogP contribution in [0, 0.1) is 0 Å². The van der Waals surface area contributed by atoms with Crippen LogP contribution in [0.1, 0.15) is 6.92 Å². The molecule has 1 aromatic carbocycles. The van der Waals surface area contributed by atoms with Gasteiger partial charge in [-0.15, -0.1) is 0 Å². The maximum absolute atomic E-state index is 11.9. The molecule has 18 heavy (non-hydrogen) atoms. The van der Waals surface area contributed by atoms with E-state index in [9.17, 15) is 4.79 Å². The van der Waals surface area contributed by atoms with Gasteiger partial charge in [-0.2, -0.15) is 0 Å². The van der Waals surface area contributed by atoms with Crippen LogP contribution in [-0.4, -0.2) is 24.7 Å². The lowest BCUT2D eigenvalue weighted by Crippen LogP contribution is -2.49. The molecule has 1 heterocycles. The smallest absolute Gasteiger partial charge is 0.265 e. The maximum Gasteiger partial charge on any atom is 0.265 e. The Morgan fingerprint density at radius 3 is 2.61 bits per heavy atom. The molecule has 2 unspecified atom stereocenters. The molecule has 2 atom stereocenters. The molecule has 0 radical (unpaired) electrons. The highest BCUT2D eigenvalue weighted by Gasteiger charge is 2.33. The highest BCUT2D eigenvalue weighted by Crippen LogP contribution is 2.33. The molecular weight excluding hydrogens is 298 g/mol. The molecule has 0 saturated carbocycles. The Hall–Kier alpha value is -1.49. The summed E-state index contributed by atoms with van der Waals surface area (Å²) in [6, 6.07) is 7.31. The summed E-state index contributed by atoms with van der Waals surface area (Å²) in [5.74, 6) is 1.05. The van der Waals surface area contributed by atoms with Gasteiger partial charge in [-0.05, 0) is 19.1 Å². The zero-order chi connectivity index (χ0) is 13.1. The normalized spacial score (nSPS) is 21.2. The van der Waals surface area contributed by atoms with Crippen LogP contribution in [-0.2, 0) is 4.79 Å². The molecule has 2 rings (SSSR count). The first-order chi connectivity index (χ1) is 8.58. The quantitative estimate of drug-likeness (QED) is 0.931. The van der Waals surface area contributed by atoms with Gasteiger partial charge in [-0.3, -0.25) is 4.79 Å². The summed E-state index contributed by atoms with van der Waals surface area (Å²) in [5.41, 5.74) is 0. The summed E-state index contributed by atoms with van der Waals surface area (Å²) in [4.78, 5) is 11.9. The zero-order valence-corrected chi connectivity index (χ0v) is 11.6. The van der Waals surface area contributed by atoms with Gasteiger partial charge in [0.2, 0.25) is 6.10 Å². The summed E-state index contributed by atoms with van der Waals surface area (Å²) in [7, 11) is 0. The Bertz CT molecular complexity index is 475. The van der Waals surface area contributed by atoms with Crippen molar-refractivity contribution in [3.63, 3.8) is 0 Å². The number of amides is 1. The van der Waals surface area contributed by atoms with Gasteiger partial charge in [0.15, 0.2) is 11.5 Å². The fourth-order valence-corrected chi connectivity index (χ4v) is 1.83. The standard InChI is InChI=1S/C13H14BrNO3/c1-8(14)7-15-13(16)12-9(2)17-10-5-3-4-6-11(10)18-12/h3-6,9,12H,1,7H2,2H3,(H,15,16). The SMILES string of the molecule is C=C(Br)CNC(=O)C1Oc2ccccc2OC1C. The molecule has 0 aromatic heterocycles. The predicted molar refractivity (Wildman–Crippen MR) is 72.0 cm³/mol. The molecule has 0 fully saturated rings. The van der Waals surface area contributed by atoms with Crippen molar-refractivity contribution < 1.29 is 14.3 Å². The Labute approximate surface area is 114 Å². The van der Waals surface area contributed by atoms with Crippen molar-refractivity contribution in [3.8, 4) is 11.5 Å². The molecule has 4 nitrogen and oxygen atoms in total. The van der Waals surface area contributed by atoms with Crippen LogP contribution >= 0.6 is 15.9 Å². The Morgan fingerprint density at radius 1 is 1.39 bits per heavy atom. The third kappa shape index (κ3) is 2.85. The number of benzene rings is 1. The Kier molecular flexibility index (Phi) is 3.91. The van der Waals surface area contributed by atoms with Crippen LogP contribution in [0.2, 0.25) is 0 Å². The Balaban J connectivity index is 2.07. The van der Waals surface area contributed by atoms with E-state index >= 15 is 0 Å². The molecule has 1 aliphatic rings. The average molecular weight is 312 g/mol. The fourth-order valence-electron chi connectivity index (χ4n) is 1.69. The summed E-state index contributed by atoms with van der Waals surface area (Å²) in [6.45, 7) is 5.83. The lowest BCUT2D eigenvalue weighted by molar-refractivity contribution is -0.133. The minimum absolute atomic E-state index is 0.211. The molecule has 1 aromatic rings. The number of nitrogens with one attached hydrogen (secondary N) is 1. The van der Waals surface area contributed by atoms with Gasteiger partial charge < -0.3 is 14.8 Å². The second kappa shape index (κ2) is 5.44. The van der Waals surface area contributed by atoms with Crippen molar-refractivity contribution in [1.82, 2.24) is 5.32 Å². The molecular formula is C13H14BrNO3. The molecule has 0 bridgehead atoms. The van der Waals surface area contributed by atoms with Crippen molar-refractivity contribution in [2.24, 2.45) is 0 Å². The number of carbonyl (C=O) groups excluding carboxylic acids is 1. The molecule has 1 N–H and O–H groups in total.